The fourth-order valence-electron chi connectivity index (χ4n) is 4.38. The van der Waals surface area contributed by atoms with Gasteiger partial charge in [-0.25, -0.2) is 0 Å². The first kappa shape index (κ1) is 19.5. The van der Waals surface area contributed by atoms with Crippen LogP contribution >= 0.6 is 0 Å². The van der Waals surface area contributed by atoms with Gasteiger partial charge in [-0.1, -0.05) is 108 Å². The minimum atomic E-state index is 0.859. The van der Waals surface area contributed by atoms with E-state index in [4.69, 9.17) is 0 Å². The lowest BCUT2D eigenvalue weighted by molar-refractivity contribution is 0.441. The minimum absolute atomic E-state index is 0.859. The quantitative estimate of drug-likeness (QED) is 0.339. The summed E-state index contributed by atoms with van der Waals surface area (Å²) in [5.74, 6) is 0.859. The maximum atomic E-state index is 2.42. The van der Waals surface area contributed by atoms with Gasteiger partial charge in [-0.3, -0.25) is 0 Å². The van der Waals surface area contributed by atoms with Gasteiger partial charge in [-0.05, 0) is 42.7 Å². The van der Waals surface area contributed by atoms with Gasteiger partial charge in [0.25, 0.3) is 0 Å². The Bertz CT molecular complexity index is 414. The highest BCUT2D eigenvalue weighted by atomic mass is 14.2. The van der Waals surface area contributed by atoms with Crippen molar-refractivity contribution in [2.75, 3.05) is 0 Å². The maximum Gasteiger partial charge on any atom is -0.0159 e. The van der Waals surface area contributed by atoms with Crippen LogP contribution in [0.2, 0.25) is 0 Å². The van der Waals surface area contributed by atoms with E-state index in [0.717, 1.165) is 5.92 Å². The summed E-state index contributed by atoms with van der Waals surface area (Å²) in [5, 5.41) is 0. The van der Waals surface area contributed by atoms with Crippen molar-refractivity contribution in [3.63, 3.8) is 0 Å². The molecule has 0 N–H and O–H groups in total. The molecule has 1 aromatic carbocycles. The lowest BCUT2D eigenvalue weighted by atomic mass is 9.81. The third-order valence-electron chi connectivity index (χ3n) is 5.90. The van der Waals surface area contributed by atoms with Crippen molar-refractivity contribution in [2.45, 2.75) is 116 Å². The minimum Gasteiger partial charge on any atom is -0.0654 e. The second kappa shape index (κ2) is 12.6. The zero-order valence-electron chi connectivity index (χ0n) is 16.2. The highest BCUT2D eigenvalue weighted by Gasteiger charge is 2.17. The number of aryl methyl sites for hydroxylation is 1. The van der Waals surface area contributed by atoms with Crippen LogP contribution in [0.15, 0.2) is 24.3 Å². The molecule has 1 saturated carbocycles. The Morgan fingerprint density at radius 3 is 1.96 bits per heavy atom. The molecule has 0 spiro atoms. The van der Waals surface area contributed by atoms with E-state index in [1.807, 2.05) is 0 Å². The molecule has 0 heterocycles. The van der Waals surface area contributed by atoms with Crippen LogP contribution in [0.1, 0.15) is 120 Å². The van der Waals surface area contributed by atoms with Crippen molar-refractivity contribution in [1.82, 2.24) is 0 Å². The molecule has 0 aliphatic heterocycles. The fourth-order valence-corrected chi connectivity index (χ4v) is 4.38. The van der Waals surface area contributed by atoms with Crippen molar-refractivity contribution < 1.29 is 0 Å². The Kier molecular flexibility index (Phi) is 10.2. The van der Waals surface area contributed by atoms with Gasteiger partial charge in [-0.2, -0.15) is 0 Å². The lowest BCUT2D eigenvalue weighted by Gasteiger charge is -2.24. The van der Waals surface area contributed by atoms with Gasteiger partial charge in [0.2, 0.25) is 0 Å². The zero-order chi connectivity index (χ0) is 16.9. The number of benzene rings is 1. The molecule has 136 valence electrons. The summed E-state index contributed by atoms with van der Waals surface area (Å²) in [7, 11) is 0. The Labute approximate surface area is 151 Å². The molecule has 0 heteroatoms. The predicted octanol–water partition coefficient (Wildman–Crippen LogP) is 8.20. The van der Waals surface area contributed by atoms with Crippen molar-refractivity contribution >= 4 is 0 Å². The molecule has 1 aliphatic carbocycles. The van der Waals surface area contributed by atoms with Crippen LogP contribution < -0.4 is 0 Å². The second-order valence-electron chi connectivity index (χ2n) is 7.97. The van der Waals surface area contributed by atoms with Crippen LogP contribution in [0.25, 0.3) is 0 Å². The molecule has 0 unspecified atom stereocenters. The van der Waals surface area contributed by atoms with Gasteiger partial charge >= 0.3 is 0 Å². The Balaban J connectivity index is 1.59. The SMILES string of the molecule is CCCCCCCCCCCCc1ccccc1C1CCCCC1. The third-order valence-corrected chi connectivity index (χ3v) is 5.90. The Morgan fingerprint density at radius 2 is 1.29 bits per heavy atom. The van der Waals surface area contributed by atoms with Gasteiger partial charge in [0.05, 0.1) is 0 Å². The molecule has 2 rings (SSSR count). The van der Waals surface area contributed by atoms with Gasteiger partial charge in [0.1, 0.15) is 0 Å². The van der Waals surface area contributed by atoms with E-state index in [-0.39, 0.29) is 0 Å². The normalized spacial score (nSPS) is 15.7. The van der Waals surface area contributed by atoms with Crippen molar-refractivity contribution in [1.29, 1.82) is 0 Å². The Hall–Kier alpha value is -0.780. The summed E-state index contributed by atoms with van der Waals surface area (Å²) in [5.41, 5.74) is 3.34. The summed E-state index contributed by atoms with van der Waals surface area (Å²) >= 11 is 0. The number of rotatable bonds is 12. The number of hydrogen-bond donors (Lipinski definition) is 0. The van der Waals surface area contributed by atoms with E-state index in [2.05, 4.69) is 31.2 Å². The van der Waals surface area contributed by atoms with E-state index in [9.17, 15) is 0 Å². The molecular weight excluding hydrogens is 288 g/mol. The summed E-state index contributed by atoms with van der Waals surface area (Å²) in [4.78, 5) is 0. The largest absolute Gasteiger partial charge is 0.0654 e. The molecule has 1 fully saturated rings. The Morgan fingerprint density at radius 1 is 0.708 bits per heavy atom. The van der Waals surface area contributed by atoms with E-state index in [1.165, 1.54) is 103 Å². The van der Waals surface area contributed by atoms with Crippen molar-refractivity contribution in [3.8, 4) is 0 Å². The van der Waals surface area contributed by atoms with Crippen LogP contribution in [0.4, 0.5) is 0 Å². The average molecular weight is 329 g/mol. The van der Waals surface area contributed by atoms with Crippen molar-refractivity contribution in [2.24, 2.45) is 0 Å². The standard InChI is InChI=1S/C24H40/c1-2-3-4-5-6-7-8-9-10-12-17-23-20-15-16-21-24(23)22-18-13-11-14-19-22/h15-16,20-22H,2-14,17-19H2,1H3. The molecule has 24 heavy (non-hydrogen) atoms. The van der Waals surface area contributed by atoms with E-state index >= 15 is 0 Å². The van der Waals surface area contributed by atoms with Crippen LogP contribution in [-0.2, 0) is 6.42 Å². The number of hydrogen-bond acceptors (Lipinski definition) is 0. The summed E-state index contributed by atoms with van der Waals surface area (Å²) in [6, 6.07) is 9.32. The van der Waals surface area contributed by atoms with E-state index < -0.39 is 0 Å². The molecule has 0 saturated heterocycles. The second-order valence-corrected chi connectivity index (χ2v) is 7.97. The van der Waals surface area contributed by atoms with Gasteiger partial charge in [0, 0.05) is 0 Å². The smallest absolute Gasteiger partial charge is 0.0159 e. The molecule has 0 nitrogen and oxygen atoms in total. The number of unbranched alkanes of at least 4 members (excludes halogenated alkanes) is 9. The summed E-state index contributed by atoms with van der Waals surface area (Å²) < 4.78 is 0. The summed E-state index contributed by atoms with van der Waals surface area (Å²) in [6.45, 7) is 2.30. The van der Waals surface area contributed by atoms with Crippen LogP contribution in [0.5, 0.6) is 0 Å². The average Bonchev–Trinajstić information content (AvgIpc) is 2.64. The molecule has 0 atom stereocenters. The highest BCUT2D eigenvalue weighted by molar-refractivity contribution is 5.30. The first-order valence-electron chi connectivity index (χ1n) is 11.0. The van der Waals surface area contributed by atoms with Gasteiger partial charge in [0.15, 0.2) is 0 Å². The van der Waals surface area contributed by atoms with Gasteiger partial charge < -0.3 is 0 Å². The fraction of sp³-hybridized carbons (Fsp3) is 0.750. The van der Waals surface area contributed by atoms with Crippen LogP contribution in [0.3, 0.4) is 0 Å². The highest BCUT2D eigenvalue weighted by Crippen LogP contribution is 2.34. The topological polar surface area (TPSA) is 0 Å². The maximum absolute atomic E-state index is 2.42. The van der Waals surface area contributed by atoms with Crippen LogP contribution in [0, 0.1) is 0 Å². The van der Waals surface area contributed by atoms with Gasteiger partial charge in [-0.15, -0.1) is 0 Å². The van der Waals surface area contributed by atoms with E-state index in [1.54, 1.807) is 11.1 Å². The van der Waals surface area contributed by atoms with Crippen molar-refractivity contribution in [3.05, 3.63) is 35.4 Å². The third kappa shape index (κ3) is 7.41. The summed E-state index contributed by atoms with van der Waals surface area (Å²) in [6.07, 6.45) is 22.8. The molecule has 0 radical (unpaired) electrons. The molecular formula is C24H40. The lowest BCUT2D eigenvalue weighted by Crippen LogP contribution is -2.07. The molecule has 0 aromatic heterocycles. The van der Waals surface area contributed by atoms with Crippen LogP contribution in [-0.4, -0.2) is 0 Å². The van der Waals surface area contributed by atoms with E-state index in [0.29, 0.717) is 0 Å². The molecule has 0 amide bonds. The first-order chi connectivity index (χ1) is 11.9. The monoisotopic (exact) mass is 328 g/mol. The predicted molar refractivity (Wildman–Crippen MR) is 108 cm³/mol. The molecule has 1 aliphatic rings. The first-order valence-corrected chi connectivity index (χ1v) is 11.0. The molecule has 0 bridgehead atoms. The molecule has 1 aromatic rings. The zero-order valence-corrected chi connectivity index (χ0v) is 16.2.